The number of rotatable bonds is 8. The van der Waals surface area contributed by atoms with Gasteiger partial charge in [0.05, 0.1) is 6.10 Å². The van der Waals surface area contributed by atoms with E-state index in [2.05, 4.69) is 10.2 Å². The first-order valence-corrected chi connectivity index (χ1v) is 10.8. The van der Waals surface area contributed by atoms with E-state index in [1.165, 1.54) is 0 Å². The van der Waals surface area contributed by atoms with E-state index in [9.17, 15) is 14.4 Å². The summed E-state index contributed by atoms with van der Waals surface area (Å²) in [6.07, 6.45) is 2.68. The number of piperazine rings is 1. The Balaban J connectivity index is 1.57. The minimum absolute atomic E-state index is 0.0241. The van der Waals surface area contributed by atoms with Crippen molar-refractivity contribution < 1.29 is 19.1 Å². The second kappa shape index (κ2) is 10.7. The van der Waals surface area contributed by atoms with Gasteiger partial charge in [-0.15, -0.1) is 0 Å². The van der Waals surface area contributed by atoms with E-state index in [1.807, 2.05) is 0 Å². The molecule has 0 bridgehead atoms. The Kier molecular flexibility index (Phi) is 8.07. The van der Waals surface area contributed by atoms with Crippen molar-refractivity contribution in [1.29, 1.82) is 0 Å². The predicted octanol–water partition coefficient (Wildman–Crippen LogP) is 1.03. The minimum atomic E-state index is -0.801. The van der Waals surface area contributed by atoms with Gasteiger partial charge >= 0.3 is 0 Å². The number of hydrogen-bond acceptors (Lipinski definition) is 5. The smallest absolute Gasteiger partial charge is 0.251 e. The molecule has 1 aromatic rings. The number of nitrogens with two attached hydrogens (primary N) is 1. The maximum Gasteiger partial charge on any atom is 0.251 e. The average Bonchev–Trinajstić information content (AvgIpc) is 3.24. The van der Waals surface area contributed by atoms with Crippen LogP contribution in [0.3, 0.4) is 0 Å². The molecule has 0 unspecified atom stereocenters. The number of benzene rings is 1. The number of halogens is 1. The van der Waals surface area contributed by atoms with Crippen molar-refractivity contribution in [3.05, 3.63) is 34.9 Å². The Labute approximate surface area is 181 Å². The van der Waals surface area contributed by atoms with Crippen molar-refractivity contribution in [2.75, 3.05) is 39.3 Å². The molecule has 3 N–H and O–H groups in total. The van der Waals surface area contributed by atoms with Gasteiger partial charge in [-0.1, -0.05) is 11.6 Å². The van der Waals surface area contributed by atoms with Gasteiger partial charge in [0.15, 0.2) is 0 Å². The van der Waals surface area contributed by atoms with Crippen molar-refractivity contribution in [3.8, 4) is 0 Å². The summed E-state index contributed by atoms with van der Waals surface area (Å²) in [6, 6.07) is 5.62. The number of amides is 3. The first-order chi connectivity index (χ1) is 14.4. The van der Waals surface area contributed by atoms with Crippen molar-refractivity contribution >= 4 is 29.3 Å². The SMILES string of the molecule is NC(=O)CC[C@@H](NC(=O)c1ccc(Cl)cc1)C(=O)N1CCN(C[C@@H]2CCCO2)CC1. The Morgan fingerprint density at radius 3 is 2.47 bits per heavy atom. The highest BCUT2D eigenvalue weighted by molar-refractivity contribution is 6.30. The maximum absolute atomic E-state index is 13.1. The maximum atomic E-state index is 13.1. The molecule has 3 amide bonds. The fourth-order valence-corrected chi connectivity index (χ4v) is 3.96. The zero-order valence-corrected chi connectivity index (χ0v) is 17.8. The van der Waals surface area contributed by atoms with E-state index in [1.54, 1.807) is 29.2 Å². The van der Waals surface area contributed by atoms with E-state index in [4.69, 9.17) is 22.1 Å². The molecule has 9 heteroatoms. The molecule has 0 radical (unpaired) electrons. The fourth-order valence-electron chi connectivity index (χ4n) is 3.83. The normalized spacial score (nSPS) is 20.7. The molecule has 164 valence electrons. The van der Waals surface area contributed by atoms with Crippen LogP contribution in [0.25, 0.3) is 0 Å². The molecule has 8 nitrogen and oxygen atoms in total. The molecule has 2 fully saturated rings. The molecule has 30 heavy (non-hydrogen) atoms. The average molecular weight is 437 g/mol. The molecule has 2 aliphatic rings. The standard InChI is InChI=1S/C21H29ClN4O4/c22-16-5-3-15(4-6-16)20(28)24-18(7-8-19(23)27)21(29)26-11-9-25(10-12-26)14-17-2-1-13-30-17/h3-6,17-18H,1-2,7-14H2,(H2,23,27)(H,24,28)/t17-,18+/m0/s1. The monoisotopic (exact) mass is 436 g/mol. The quantitative estimate of drug-likeness (QED) is 0.633. The highest BCUT2D eigenvalue weighted by atomic mass is 35.5. The molecule has 0 aliphatic carbocycles. The van der Waals surface area contributed by atoms with Gasteiger partial charge in [-0.3, -0.25) is 19.3 Å². The summed E-state index contributed by atoms with van der Waals surface area (Å²) in [6.45, 7) is 4.40. The summed E-state index contributed by atoms with van der Waals surface area (Å²) in [5.41, 5.74) is 5.66. The Bertz CT molecular complexity index is 744. The fraction of sp³-hybridized carbons (Fsp3) is 0.571. The number of ether oxygens (including phenoxy) is 1. The molecule has 3 rings (SSSR count). The summed E-state index contributed by atoms with van der Waals surface area (Å²) >= 11 is 5.87. The molecular formula is C21H29ClN4O4. The van der Waals surface area contributed by atoms with Crippen LogP contribution in [-0.4, -0.2) is 79.0 Å². The van der Waals surface area contributed by atoms with E-state index in [0.29, 0.717) is 23.7 Å². The summed E-state index contributed by atoms with van der Waals surface area (Å²) < 4.78 is 5.69. The van der Waals surface area contributed by atoms with Crippen LogP contribution in [0.5, 0.6) is 0 Å². The van der Waals surface area contributed by atoms with Crippen LogP contribution in [0.15, 0.2) is 24.3 Å². The van der Waals surface area contributed by atoms with E-state index in [-0.39, 0.29) is 30.8 Å². The number of carbonyl (C=O) groups excluding carboxylic acids is 3. The van der Waals surface area contributed by atoms with E-state index < -0.39 is 11.9 Å². The molecule has 0 spiro atoms. The third-order valence-corrected chi connectivity index (χ3v) is 5.81. The number of nitrogens with zero attached hydrogens (tertiary/aromatic N) is 2. The van der Waals surface area contributed by atoms with Crippen molar-refractivity contribution in [2.24, 2.45) is 5.73 Å². The summed E-state index contributed by atoms with van der Waals surface area (Å²) in [5, 5.41) is 3.28. The topological polar surface area (TPSA) is 105 Å². The molecule has 2 aliphatic heterocycles. The second-order valence-corrected chi connectivity index (χ2v) is 8.24. The van der Waals surface area contributed by atoms with Gasteiger partial charge in [0, 0.05) is 56.3 Å². The van der Waals surface area contributed by atoms with Gasteiger partial charge in [0.1, 0.15) is 6.04 Å². The Morgan fingerprint density at radius 2 is 1.87 bits per heavy atom. The lowest BCUT2D eigenvalue weighted by molar-refractivity contribution is -0.135. The predicted molar refractivity (Wildman–Crippen MR) is 113 cm³/mol. The lowest BCUT2D eigenvalue weighted by atomic mass is 10.1. The van der Waals surface area contributed by atoms with Gasteiger partial charge in [-0.05, 0) is 43.5 Å². The number of primary amides is 1. The van der Waals surface area contributed by atoms with Crippen LogP contribution >= 0.6 is 11.6 Å². The Morgan fingerprint density at radius 1 is 1.17 bits per heavy atom. The van der Waals surface area contributed by atoms with E-state index >= 15 is 0 Å². The van der Waals surface area contributed by atoms with E-state index in [0.717, 1.165) is 39.1 Å². The van der Waals surface area contributed by atoms with Gasteiger partial charge in [-0.2, -0.15) is 0 Å². The largest absolute Gasteiger partial charge is 0.377 e. The Hall–Kier alpha value is -2.16. The van der Waals surface area contributed by atoms with Crippen LogP contribution in [0, 0.1) is 0 Å². The summed E-state index contributed by atoms with van der Waals surface area (Å²) in [5.74, 6) is -1.07. The third kappa shape index (κ3) is 6.42. The van der Waals surface area contributed by atoms with Crippen LogP contribution in [-0.2, 0) is 14.3 Å². The summed E-state index contributed by atoms with van der Waals surface area (Å²) in [4.78, 5) is 41.0. The van der Waals surface area contributed by atoms with Crippen LogP contribution in [0.2, 0.25) is 5.02 Å². The molecule has 2 heterocycles. The van der Waals surface area contributed by atoms with Crippen molar-refractivity contribution in [2.45, 2.75) is 37.8 Å². The minimum Gasteiger partial charge on any atom is -0.377 e. The summed E-state index contributed by atoms with van der Waals surface area (Å²) in [7, 11) is 0. The first-order valence-electron chi connectivity index (χ1n) is 10.4. The molecular weight excluding hydrogens is 408 g/mol. The number of nitrogens with one attached hydrogen (secondary N) is 1. The second-order valence-electron chi connectivity index (χ2n) is 7.80. The van der Waals surface area contributed by atoms with Gasteiger partial charge in [0.25, 0.3) is 5.91 Å². The molecule has 2 saturated heterocycles. The lowest BCUT2D eigenvalue weighted by Gasteiger charge is -2.37. The van der Waals surface area contributed by atoms with Crippen LogP contribution in [0.4, 0.5) is 0 Å². The molecule has 0 saturated carbocycles. The van der Waals surface area contributed by atoms with Crippen LogP contribution in [0.1, 0.15) is 36.0 Å². The van der Waals surface area contributed by atoms with Gasteiger partial charge in [-0.25, -0.2) is 0 Å². The molecule has 1 aromatic carbocycles. The zero-order chi connectivity index (χ0) is 21.5. The van der Waals surface area contributed by atoms with Gasteiger partial charge < -0.3 is 20.7 Å². The first kappa shape index (κ1) is 22.5. The number of hydrogen-bond donors (Lipinski definition) is 2. The number of carbonyl (C=O) groups is 3. The van der Waals surface area contributed by atoms with Crippen molar-refractivity contribution in [1.82, 2.24) is 15.1 Å². The van der Waals surface area contributed by atoms with Crippen molar-refractivity contribution in [3.63, 3.8) is 0 Å². The zero-order valence-electron chi connectivity index (χ0n) is 17.0. The molecule has 0 aromatic heterocycles. The molecule has 2 atom stereocenters. The highest BCUT2D eigenvalue weighted by Gasteiger charge is 2.30. The lowest BCUT2D eigenvalue weighted by Crippen LogP contribution is -2.55. The van der Waals surface area contributed by atoms with Crippen LogP contribution < -0.4 is 11.1 Å². The van der Waals surface area contributed by atoms with Gasteiger partial charge in [0.2, 0.25) is 11.8 Å². The third-order valence-electron chi connectivity index (χ3n) is 5.56. The highest BCUT2D eigenvalue weighted by Crippen LogP contribution is 2.16.